The molecule has 1 unspecified atom stereocenters. The first-order valence-electron chi connectivity index (χ1n) is 4.73. The molecule has 0 spiro atoms. The molecule has 0 amide bonds. The maximum absolute atomic E-state index is 13.3. The predicted octanol–water partition coefficient (Wildman–Crippen LogP) is 2.65. The second-order valence-corrected chi connectivity index (χ2v) is 4.03. The summed E-state index contributed by atoms with van der Waals surface area (Å²) in [5, 5.41) is 0.361. The van der Waals surface area contributed by atoms with Gasteiger partial charge in [0.25, 0.3) is 0 Å². The molecule has 82 valence electrons. The van der Waals surface area contributed by atoms with Crippen LogP contribution in [0.15, 0.2) is 18.2 Å². The minimum absolute atomic E-state index is 0.0443. The molecule has 0 aliphatic rings. The standard InChI is InChI=1S/C11H13ClFNO/c1-7(6-14)4-11(15)9-5-8(12)2-3-10(9)13/h2-3,5,7H,4,6,14H2,1H3. The zero-order valence-corrected chi connectivity index (χ0v) is 9.22. The van der Waals surface area contributed by atoms with Gasteiger partial charge in [0.15, 0.2) is 5.78 Å². The lowest BCUT2D eigenvalue weighted by molar-refractivity contribution is 0.0962. The Morgan fingerprint density at radius 1 is 1.60 bits per heavy atom. The van der Waals surface area contributed by atoms with Gasteiger partial charge in [0.05, 0.1) is 5.56 Å². The van der Waals surface area contributed by atoms with Gasteiger partial charge >= 0.3 is 0 Å². The van der Waals surface area contributed by atoms with E-state index in [-0.39, 0.29) is 23.7 Å². The van der Waals surface area contributed by atoms with Crippen LogP contribution in [0.1, 0.15) is 23.7 Å². The lowest BCUT2D eigenvalue weighted by Gasteiger charge is -2.07. The molecule has 1 aromatic rings. The van der Waals surface area contributed by atoms with Crippen molar-refractivity contribution < 1.29 is 9.18 Å². The van der Waals surface area contributed by atoms with Crippen LogP contribution in [0.25, 0.3) is 0 Å². The van der Waals surface area contributed by atoms with Crippen molar-refractivity contribution in [3.05, 3.63) is 34.6 Å². The molecule has 0 heterocycles. The van der Waals surface area contributed by atoms with Crippen LogP contribution in [0.3, 0.4) is 0 Å². The summed E-state index contributed by atoms with van der Waals surface area (Å²) < 4.78 is 13.3. The third kappa shape index (κ3) is 3.29. The van der Waals surface area contributed by atoms with Crippen LogP contribution in [-0.4, -0.2) is 12.3 Å². The Hall–Kier alpha value is -0.930. The average molecular weight is 230 g/mol. The van der Waals surface area contributed by atoms with Gasteiger partial charge in [-0.15, -0.1) is 0 Å². The van der Waals surface area contributed by atoms with Crippen molar-refractivity contribution in [1.29, 1.82) is 0 Å². The van der Waals surface area contributed by atoms with E-state index in [1.165, 1.54) is 18.2 Å². The van der Waals surface area contributed by atoms with Crippen LogP contribution in [0.5, 0.6) is 0 Å². The number of carbonyl (C=O) groups is 1. The van der Waals surface area contributed by atoms with E-state index < -0.39 is 5.82 Å². The fourth-order valence-electron chi connectivity index (χ4n) is 1.22. The molecule has 1 aromatic carbocycles. The van der Waals surface area contributed by atoms with Gasteiger partial charge in [-0.1, -0.05) is 18.5 Å². The number of hydrogen-bond acceptors (Lipinski definition) is 2. The third-order valence-corrected chi connectivity index (χ3v) is 2.40. The fourth-order valence-corrected chi connectivity index (χ4v) is 1.39. The predicted molar refractivity (Wildman–Crippen MR) is 58.6 cm³/mol. The summed E-state index contributed by atoms with van der Waals surface area (Å²) in [6, 6.07) is 3.96. The van der Waals surface area contributed by atoms with E-state index in [4.69, 9.17) is 17.3 Å². The largest absolute Gasteiger partial charge is 0.330 e. The highest BCUT2D eigenvalue weighted by atomic mass is 35.5. The molecule has 0 saturated heterocycles. The second-order valence-electron chi connectivity index (χ2n) is 3.59. The van der Waals surface area contributed by atoms with E-state index in [2.05, 4.69) is 0 Å². The van der Waals surface area contributed by atoms with Crippen molar-refractivity contribution in [1.82, 2.24) is 0 Å². The summed E-state index contributed by atoms with van der Waals surface area (Å²) in [5.74, 6) is -0.738. The second kappa shape index (κ2) is 5.24. The Morgan fingerprint density at radius 2 is 2.27 bits per heavy atom. The summed E-state index contributed by atoms with van der Waals surface area (Å²) in [5.41, 5.74) is 5.44. The molecule has 0 aliphatic carbocycles. The number of halogens is 2. The van der Waals surface area contributed by atoms with Gasteiger partial charge in [-0.2, -0.15) is 0 Å². The van der Waals surface area contributed by atoms with E-state index in [1.807, 2.05) is 6.92 Å². The minimum Gasteiger partial charge on any atom is -0.330 e. The molecule has 0 saturated carbocycles. The Labute approximate surface area is 93.2 Å². The molecular weight excluding hydrogens is 217 g/mol. The average Bonchev–Trinajstić information content (AvgIpc) is 2.21. The Kier molecular flexibility index (Phi) is 4.24. The SMILES string of the molecule is CC(CN)CC(=O)c1cc(Cl)ccc1F. The highest BCUT2D eigenvalue weighted by molar-refractivity contribution is 6.31. The smallest absolute Gasteiger partial charge is 0.166 e. The molecule has 4 heteroatoms. The number of nitrogens with two attached hydrogens (primary N) is 1. The highest BCUT2D eigenvalue weighted by Crippen LogP contribution is 2.17. The molecule has 0 fully saturated rings. The van der Waals surface area contributed by atoms with E-state index >= 15 is 0 Å². The van der Waals surface area contributed by atoms with Gasteiger partial charge in [0, 0.05) is 11.4 Å². The topological polar surface area (TPSA) is 43.1 Å². The van der Waals surface area contributed by atoms with Crippen molar-refractivity contribution in [3.8, 4) is 0 Å². The Balaban J connectivity index is 2.86. The summed E-state index contributed by atoms with van der Waals surface area (Å²) in [7, 11) is 0. The summed E-state index contributed by atoms with van der Waals surface area (Å²) in [6.07, 6.45) is 0.244. The molecule has 0 bridgehead atoms. The maximum atomic E-state index is 13.3. The summed E-state index contributed by atoms with van der Waals surface area (Å²) >= 11 is 5.69. The number of carbonyl (C=O) groups excluding carboxylic acids is 1. The molecule has 0 radical (unpaired) electrons. The van der Waals surface area contributed by atoms with E-state index in [1.54, 1.807) is 0 Å². The first-order chi connectivity index (χ1) is 7.04. The molecule has 1 atom stereocenters. The van der Waals surface area contributed by atoms with Crippen molar-refractivity contribution in [2.24, 2.45) is 11.7 Å². The zero-order valence-electron chi connectivity index (χ0n) is 8.47. The van der Waals surface area contributed by atoms with E-state index in [9.17, 15) is 9.18 Å². The monoisotopic (exact) mass is 229 g/mol. The van der Waals surface area contributed by atoms with Crippen molar-refractivity contribution in [3.63, 3.8) is 0 Å². The number of benzene rings is 1. The van der Waals surface area contributed by atoms with Crippen LogP contribution in [0.2, 0.25) is 5.02 Å². The molecule has 2 nitrogen and oxygen atoms in total. The van der Waals surface area contributed by atoms with Crippen LogP contribution in [-0.2, 0) is 0 Å². The number of rotatable bonds is 4. The van der Waals surface area contributed by atoms with E-state index in [0.717, 1.165) is 0 Å². The van der Waals surface area contributed by atoms with Crippen LogP contribution >= 0.6 is 11.6 Å². The van der Waals surface area contributed by atoms with Gasteiger partial charge in [-0.05, 0) is 30.7 Å². The molecule has 0 aromatic heterocycles. The van der Waals surface area contributed by atoms with Crippen LogP contribution in [0, 0.1) is 11.7 Å². The van der Waals surface area contributed by atoms with Gasteiger partial charge in [-0.3, -0.25) is 4.79 Å². The van der Waals surface area contributed by atoms with E-state index in [0.29, 0.717) is 11.6 Å². The summed E-state index contributed by atoms with van der Waals surface area (Å²) in [4.78, 5) is 11.6. The van der Waals surface area contributed by atoms with Crippen molar-refractivity contribution in [2.75, 3.05) is 6.54 Å². The normalized spacial score (nSPS) is 12.5. The molecule has 15 heavy (non-hydrogen) atoms. The quantitative estimate of drug-likeness (QED) is 0.807. The van der Waals surface area contributed by atoms with Crippen LogP contribution < -0.4 is 5.73 Å². The Morgan fingerprint density at radius 3 is 2.87 bits per heavy atom. The molecular formula is C11H13ClFNO. The van der Waals surface area contributed by atoms with Crippen molar-refractivity contribution in [2.45, 2.75) is 13.3 Å². The van der Waals surface area contributed by atoms with Crippen molar-refractivity contribution >= 4 is 17.4 Å². The Bertz CT molecular complexity index is 368. The van der Waals surface area contributed by atoms with Gasteiger partial charge in [0.2, 0.25) is 0 Å². The fraction of sp³-hybridized carbons (Fsp3) is 0.364. The molecule has 1 rings (SSSR count). The lowest BCUT2D eigenvalue weighted by atomic mass is 9.99. The first-order valence-corrected chi connectivity index (χ1v) is 5.10. The maximum Gasteiger partial charge on any atom is 0.166 e. The third-order valence-electron chi connectivity index (χ3n) is 2.17. The highest BCUT2D eigenvalue weighted by Gasteiger charge is 2.14. The molecule has 2 N–H and O–H groups in total. The number of Topliss-reactive ketones (excluding diaryl/α,β-unsaturated/α-hetero) is 1. The minimum atomic E-state index is -0.534. The summed E-state index contributed by atoms with van der Waals surface area (Å²) in [6.45, 7) is 2.26. The van der Waals surface area contributed by atoms with Crippen LogP contribution in [0.4, 0.5) is 4.39 Å². The molecule has 0 aliphatic heterocycles. The number of hydrogen-bond donors (Lipinski definition) is 1. The van der Waals surface area contributed by atoms with Gasteiger partial charge < -0.3 is 5.73 Å². The van der Waals surface area contributed by atoms with Gasteiger partial charge in [-0.25, -0.2) is 4.39 Å². The van der Waals surface area contributed by atoms with Gasteiger partial charge in [0.1, 0.15) is 5.82 Å². The zero-order chi connectivity index (χ0) is 11.4. The number of ketones is 1. The lowest BCUT2D eigenvalue weighted by Crippen LogP contribution is -2.15. The first kappa shape index (κ1) is 12.1.